The molecule has 0 saturated heterocycles. The average molecular weight is 327 g/mol. The Kier molecular flexibility index (Phi) is 4.68. The minimum Gasteiger partial charge on any atom is -0.326 e. The summed E-state index contributed by atoms with van der Waals surface area (Å²) in [5.41, 5.74) is 2.63. The van der Waals surface area contributed by atoms with Crippen molar-refractivity contribution in [1.29, 1.82) is 0 Å². The molecule has 0 aliphatic carbocycles. The van der Waals surface area contributed by atoms with Crippen LogP contribution in [0.15, 0.2) is 54.9 Å². The van der Waals surface area contributed by atoms with E-state index in [1.807, 2.05) is 42.5 Å². The Morgan fingerprint density at radius 2 is 2.00 bits per heavy atom. The number of aromatic nitrogens is 3. The van der Waals surface area contributed by atoms with E-state index in [2.05, 4.69) is 20.5 Å². The summed E-state index contributed by atoms with van der Waals surface area (Å²) in [4.78, 5) is 16.2. The molecule has 1 heterocycles. The number of carbonyl (C=O) groups excluding carboxylic acids is 1. The summed E-state index contributed by atoms with van der Waals surface area (Å²) in [5, 5.41) is 10.1. The Labute approximate surface area is 138 Å². The lowest BCUT2D eigenvalue weighted by Gasteiger charge is -2.12. The third-order valence-electron chi connectivity index (χ3n) is 3.39. The van der Waals surface area contributed by atoms with Crippen molar-refractivity contribution in [3.8, 4) is 11.1 Å². The number of amides is 1. The molecule has 23 heavy (non-hydrogen) atoms. The first-order valence-corrected chi connectivity index (χ1v) is 7.59. The molecule has 1 amide bonds. The summed E-state index contributed by atoms with van der Waals surface area (Å²) in [5.74, 6) is 0.612. The number of halogens is 1. The van der Waals surface area contributed by atoms with Gasteiger partial charge in [0.1, 0.15) is 12.2 Å². The lowest BCUT2D eigenvalue weighted by Crippen LogP contribution is -2.13. The zero-order chi connectivity index (χ0) is 16.1. The van der Waals surface area contributed by atoms with E-state index in [1.165, 1.54) is 6.33 Å². The number of nitrogens with one attached hydrogen (secondary N) is 2. The summed E-state index contributed by atoms with van der Waals surface area (Å²) in [6.45, 7) is 0. The number of rotatable bonds is 5. The van der Waals surface area contributed by atoms with Gasteiger partial charge in [-0.2, -0.15) is 5.10 Å². The second kappa shape index (κ2) is 7.07. The molecule has 116 valence electrons. The van der Waals surface area contributed by atoms with Gasteiger partial charge in [0, 0.05) is 29.1 Å². The molecule has 6 heteroatoms. The molecule has 0 unspecified atom stereocenters. The normalized spacial score (nSPS) is 10.5. The van der Waals surface area contributed by atoms with Crippen molar-refractivity contribution >= 4 is 23.2 Å². The fourth-order valence-corrected chi connectivity index (χ4v) is 2.45. The maximum atomic E-state index is 12.2. The standard InChI is InChI=1S/C17H15ClN4O/c18-13-6-7-15(14(10-13)12-4-2-1-3-5-12)21-17(23)9-8-16-19-11-20-22-16/h1-7,10-11H,8-9H2,(H,21,23)(H,19,20,22). The Morgan fingerprint density at radius 1 is 1.17 bits per heavy atom. The summed E-state index contributed by atoms with van der Waals surface area (Å²) in [7, 11) is 0. The quantitative estimate of drug-likeness (QED) is 0.751. The molecular formula is C17H15ClN4O. The Balaban J connectivity index is 1.76. The van der Waals surface area contributed by atoms with Crippen molar-refractivity contribution in [3.63, 3.8) is 0 Å². The number of carbonyl (C=O) groups is 1. The Hall–Kier alpha value is -2.66. The maximum absolute atomic E-state index is 12.2. The second-order valence-corrected chi connectivity index (χ2v) is 5.47. The van der Waals surface area contributed by atoms with Crippen LogP contribution in [0.3, 0.4) is 0 Å². The van der Waals surface area contributed by atoms with Crippen LogP contribution in [0.2, 0.25) is 5.02 Å². The third-order valence-corrected chi connectivity index (χ3v) is 3.63. The van der Waals surface area contributed by atoms with Crippen molar-refractivity contribution < 1.29 is 4.79 Å². The molecule has 5 nitrogen and oxygen atoms in total. The summed E-state index contributed by atoms with van der Waals surface area (Å²) >= 11 is 6.10. The van der Waals surface area contributed by atoms with E-state index in [0.29, 0.717) is 23.7 Å². The van der Waals surface area contributed by atoms with E-state index in [4.69, 9.17) is 11.6 Å². The molecule has 3 rings (SSSR count). The van der Waals surface area contributed by atoms with E-state index < -0.39 is 0 Å². The number of anilines is 1. The molecule has 1 aromatic heterocycles. The number of hydrogen-bond acceptors (Lipinski definition) is 3. The number of benzene rings is 2. The van der Waals surface area contributed by atoms with Crippen LogP contribution in [-0.2, 0) is 11.2 Å². The fraction of sp³-hybridized carbons (Fsp3) is 0.118. The van der Waals surface area contributed by atoms with Gasteiger partial charge >= 0.3 is 0 Å². The molecule has 0 atom stereocenters. The highest BCUT2D eigenvalue weighted by Gasteiger charge is 2.10. The molecule has 0 spiro atoms. The summed E-state index contributed by atoms with van der Waals surface area (Å²) in [6, 6.07) is 15.2. The zero-order valence-electron chi connectivity index (χ0n) is 12.3. The van der Waals surface area contributed by atoms with Crippen LogP contribution in [0.4, 0.5) is 5.69 Å². The molecule has 0 aliphatic heterocycles. The number of aryl methyl sites for hydroxylation is 1. The van der Waals surface area contributed by atoms with Gasteiger partial charge in [0.05, 0.1) is 0 Å². The van der Waals surface area contributed by atoms with E-state index in [9.17, 15) is 4.79 Å². The molecule has 2 aromatic carbocycles. The minimum atomic E-state index is -0.0825. The molecule has 0 bridgehead atoms. The first-order valence-electron chi connectivity index (χ1n) is 7.21. The van der Waals surface area contributed by atoms with Gasteiger partial charge in [-0.05, 0) is 23.8 Å². The molecule has 2 N–H and O–H groups in total. The van der Waals surface area contributed by atoms with Gasteiger partial charge in [-0.1, -0.05) is 41.9 Å². The van der Waals surface area contributed by atoms with Crippen molar-refractivity contribution in [1.82, 2.24) is 15.2 Å². The number of aromatic amines is 1. The monoisotopic (exact) mass is 326 g/mol. The number of H-pyrrole nitrogens is 1. The van der Waals surface area contributed by atoms with Crippen molar-refractivity contribution in [2.24, 2.45) is 0 Å². The second-order valence-electron chi connectivity index (χ2n) is 5.04. The van der Waals surface area contributed by atoms with Gasteiger partial charge in [-0.3, -0.25) is 9.89 Å². The van der Waals surface area contributed by atoms with Crippen LogP contribution in [-0.4, -0.2) is 21.1 Å². The summed E-state index contributed by atoms with van der Waals surface area (Å²) in [6.07, 6.45) is 2.27. The van der Waals surface area contributed by atoms with Crippen molar-refractivity contribution in [2.45, 2.75) is 12.8 Å². The summed E-state index contributed by atoms with van der Waals surface area (Å²) < 4.78 is 0. The number of hydrogen-bond donors (Lipinski definition) is 2. The van der Waals surface area contributed by atoms with Gasteiger partial charge in [0.25, 0.3) is 0 Å². The Morgan fingerprint density at radius 3 is 2.74 bits per heavy atom. The first-order chi connectivity index (χ1) is 11.2. The molecule has 0 saturated carbocycles. The molecule has 0 radical (unpaired) electrons. The van der Waals surface area contributed by atoms with E-state index in [1.54, 1.807) is 6.07 Å². The molecule has 0 fully saturated rings. The highest BCUT2D eigenvalue weighted by atomic mass is 35.5. The van der Waals surface area contributed by atoms with Crippen LogP contribution in [0.25, 0.3) is 11.1 Å². The minimum absolute atomic E-state index is 0.0825. The van der Waals surface area contributed by atoms with Gasteiger partial charge in [-0.15, -0.1) is 0 Å². The van der Waals surface area contributed by atoms with E-state index in [0.717, 1.165) is 16.8 Å². The topological polar surface area (TPSA) is 70.7 Å². The zero-order valence-corrected chi connectivity index (χ0v) is 13.0. The van der Waals surface area contributed by atoms with Crippen LogP contribution in [0, 0.1) is 0 Å². The van der Waals surface area contributed by atoms with Crippen molar-refractivity contribution in [3.05, 3.63) is 65.7 Å². The highest BCUT2D eigenvalue weighted by Crippen LogP contribution is 2.30. The van der Waals surface area contributed by atoms with Gasteiger partial charge < -0.3 is 5.32 Å². The highest BCUT2D eigenvalue weighted by molar-refractivity contribution is 6.31. The first kappa shape index (κ1) is 15.2. The predicted octanol–water partition coefficient (Wildman–Crippen LogP) is 3.70. The smallest absolute Gasteiger partial charge is 0.224 e. The average Bonchev–Trinajstić information content (AvgIpc) is 3.09. The molecular weight excluding hydrogens is 312 g/mol. The van der Waals surface area contributed by atoms with Gasteiger partial charge in [-0.25, -0.2) is 4.98 Å². The van der Waals surface area contributed by atoms with E-state index >= 15 is 0 Å². The Bertz CT molecular complexity index is 788. The van der Waals surface area contributed by atoms with E-state index in [-0.39, 0.29) is 5.91 Å². The van der Waals surface area contributed by atoms with Crippen LogP contribution < -0.4 is 5.32 Å². The van der Waals surface area contributed by atoms with Gasteiger partial charge in [0.15, 0.2) is 0 Å². The largest absolute Gasteiger partial charge is 0.326 e. The third kappa shape index (κ3) is 3.96. The lowest BCUT2D eigenvalue weighted by atomic mass is 10.0. The van der Waals surface area contributed by atoms with Crippen molar-refractivity contribution in [2.75, 3.05) is 5.32 Å². The van der Waals surface area contributed by atoms with Gasteiger partial charge in [0.2, 0.25) is 5.91 Å². The van der Waals surface area contributed by atoms with Crippen LogP contribution in [0.1, 0.15) is 12.2 Å². The fourth-order valence-electron chi connectivity index (χ4n) is 2.28. The SMILES string of the molecule is O=C(CCc1ncn[nH]1)Nc1ccc(Cl)cc1-c1ccccc1. The van der Waals surface area contributed by atoms with Crippen LogP contribution in [0.5, 0.6) is 0 Å². The molecule has 0 aliphatic rings. The molecule has 3 aromatic rings. The maximum Gasteiger partial charge on any atom is 0.224 e. The predicted molar refractivity (Wildman–Crippen MR) is 90.2 cm³/mol. The number of nitrogens with zero attached hydrogens (tertiary/aromatic N) is 2. The lowest BCUT2D eigenvalue weighted by molar-refractivity contribution is -0.116. The van der Waals surface area contributed by atoms with Crippen LogP contribution >= 0.6 is 11.6 Å².